The Morgan fingerprint density at radius 2 is 1.39 bits per heavy atom. The molecule has 0 saturated heterocycles. The molecule has 0 radical (unpaired) electrons. The second-order valence-corrected chi connectivity index (χ2v) is 6.59. The summed E-state index contributed by atoms with van der Waals surface area (Å²) >= 11 is 0. The van der Waals surface area contributed by atoms with Crippen molar-refractivity contribution in [2.45, 2.75) is 18.9 Å². The highest BCUT2D eigenvalue weighted by molar-refractivity contribution is 5.87. The second kappa shape index (κ2) is 9.09. The van der Waals surface area contributed by atoms with Gasteiger partial charge in [0.2, 0.25) is 5.91 Å². The van der Waals surface area contributed by atoms with Crippen LogP contribution in [-0.4, -0.2) is 20.1 Å². The van der Waals surface area contributed by atoms with Crippen molar-refractivity contribution in [1.29, 1.82) is 0 Å². The smallest absolute Gasteiger partial charge is 0.232 e. The maximum Gasteiger partial charge on any atom is 0.232 e. The van der Waals surface area contributed by atoms with Gasteiger partial charge in [-0.1, -0.05) is 60.7 Å². The number of benzene rings is 3. The SMILES string of the molecule is COc1ccc(OC)c(C(C)NC(=O)C(c2ccccc2)c2ccccc2)c1. The Hall–Kier alpha value is -3.27. The lowest BCUT2D eigenvalue weighted by atomic mass is 9.90. The van der Waals surface area contributed by atoms with Gasteiger partial charge in [0.05, 0.1) is 26.2 Å². The second-order valence-electron chi connectivity index (χ2n) is 6.59. The van der Waals surface area contributed by atoms with E-state index in [1.54, 1.807) is 14.2 Å². The first-order valence-corrected chi connectivity index (χ1v) is 9.26. The van der Waals surface area contributed by atoms with Crippen LogP contribution < -0.4 is 14.8 Å². The highest BCUT2D eigenvalue weighted by Crippen LogP contribution is 2.31. The van der Waals surface area contributed by atoms with Gasteiger partial charge in [-0.05, 0) is 36.2 Å². The van der Waals surface area contributed by atoms with E-state index < -0.39 is 0 Å². The predicted molar refractivity (Wildman–Crippen MR) is 111 cm³/mol. The van der Waals surface area contributed by atoms with E-state index in [4.69, 9.17) is 9.47 Å². The molecule has 0 bridgehead atoms. The first-order chi connectivity index (χ1) is 13.6. The van der Waals surface area contributed by atoms with E-state index in [0.29, 0.717) is 5.75 Å². The number of ether oxygens (including phenoxy) is 2. The molecule has 0 aliphatic heterocycles. The zero-order valence-electron chi connectivity index (χ0n) is 16.4. The van der Waals surface area contributed by atoms with Crippen molar-refractivity contribution in [2.75, 3.05) is 14.2 Å². The van der Waals surface area contributed by atoms with Crippen molar-refractivity contribution in [3.05, 3.63) is 95.6 Å². The fourth-order valence-corrected chi connectivity index (χ4v) is 3.34. The molecule has 1 amide bonds. The van der Waals surface area contributed by atoms with Gasteiger partial charge in [-0.2, -0.15) is 0 Å². The Labute approximate surface area is 166 Å². The third kappa shape index (κ3) is 4.34. The van der Waals surface area contributed by atoms with Gasteiger partial charge in [-0.3, -0.25) is 4.79 Å². The molecule has 1 N–H and O–H groups in total. The molecule has 3 aromatic carbocycles. The number of carbonyl (C=O) groups is 1. The molecule has 0 heterocycles. The van der Waals surface area contributed by atoms with Crippen molar-refractivity contribution in [3.63, 3.8) is 0 Å². The van der Waals surface area contributed by atoms with E-state index in [2.05, 4.69) is 5.32 Å². The molecular weight excluding hydrogens is 350 g/mol. The summed E-state index contributed by atoms with van der Waals surface area (Å²) in [5.41, 5.74) is 2.78. The molecule has 28 heavy (non-hydrogen) atoms. The van der Waals surface area contributed by atoms with Gasteiger partial charge in [-0.25, -0.2) is 0 Å². The third-order valence-corrected chi connectivity index (χ3v) is 4.79. The molecule has 0 aliphatic carbocycles. The molecule has 1 unspecified atom stereocenters. The van der Waals surface area contributed by atoms with Gasteiger partial charge < -0.3 is 14.8 Å². The molecule has 0 spiro atoms. The minimum atomic E-state index is -0.388. The van der Waals surface area contributed by atoms with Crippen molar-refractivity contribution in [2.24, 2.45) is 0 Å². The van der Waals surface area contributed by atoms with Gasteiger partial charge in [0.15, 0.2) is 0 Å². The lowest BCUT2D eigenvalue weighted by Gasteiger charge is -2.23. The summed E-state index contributed by atoms with van der Waals surface area (Å²) in [5, 5.41) is 3.14. The summed E-state index contributed by atoms with van der Waals surface area (Å²) < 4.78 is 10.8. The first-order valence-electron chi connectivity index (χ1n) is 9.26. The van der Waals surface area contributed by atoms with Crippen LogP contribution in [0.25, 0.3) is 0 Å². The van der Waals surface area contributed by atoms with Crippen LogP contribution in [0.1, 0.15) is 35.6 Å². The Morgan fingerprint density at radius 3 is 1.89 bits per heavy atom. The van der Waals surface area contributed by atoms with E-state index >= 15 is 0 Å². The van der Waals surface area contributed by atoms with E-state index in [9.17, 15) is 4.79 Å². The van der Waals surface area contributed by atoms with Gasteiger partial charge in [0.25, 0.3) is 0 Å². The van der Waals surface area contributed by atoms with Crippen LogP contribution >= 0.6 is 0 Å². The van der Waals surface area contributed by atoms with Crippen LogP contribution in [0.4, 0.5) is 0 Å². The van der Waals surface area contributed by atoms with Crippen molar-refractivity contribution in [1.82, 2.24) is 5.32 Å². The molecule has 144 valence electrons. The number of amides is 1. The van der Waals surface area contributed by atoms with Crippen LogP contribution in [0.3, 0.4) is 0 Å². The monoisotopic (exact) mass is 375 g/mol. The molecule has 0 aromatic heterocycles. The van der Waals surface area contributed by atoms with Crippen molar-refractivity contribution >= 4 is 5.91 Å². The predicted octanol–water partition coefficient (Wildman–Crippen LogP) is 4.71. The normalized spacial score (nSPS) is 11.7. The zero-order chi connectivity index (χ0) is 19.9. The fourth-order valence-electron chi connectivity index (χ4n) is 3.34. The van der Waals surface area contributed by atoms with Gasteiger partial charge in [0, 0.05) is 5.56 Å². The Kier molecular flexibility index (Phi) is 6.33. The standard InChI is InChI=1S/C24H25NO3/c1-17(21-16-20(27-2)14-15-22(21)28-3)25-24(26)23(18-10-6-4-7-11-18)19-12-8-5-9-13-19/h4-17,23H,1-3H3,(H,25,26). The molecule has 3 aromatic rings. The van der Waals surface area contributed by atoms with Crippen molar-refractivity contribution in [3.8, 4) is 11.5 Å². The number of hydrogen-bond acceptors (Lipinski definition) is 3. The molecule has 4 heteroatoms. The number of hydrogen-bond donors (Lipinski definition) is 1. The van der Waals surface area contributed by atoms with Gasteiger partial charge in [-0.15, -0.1) is 0 Å². The fraction of sp³-hybridized carbons (Fsp3) is 0.208. The molecule has 4 nitrogen and oxygen atoms in total. The van der Waals surface area contributed by atoms with E-state index in [1.165, 1.54) is 0 Å². The number of nitrogens with one attached hydrogen (secondary N) is 1. The lowest BCUT2D eigenvalue weighted by molar-refractivity contribution is -0.122. The van der Waals surface area contributed by atoms with Crippen LogP contribution in [-0.2, 0) is 4.79 Å². The summed E-state index contributed by atoms with van der Waals surface area (Å²) in [5.74, 6) is 0.986. The quantitative estimate of drug-likeness (QED) is 0.650. The summed E-state index contributed by atoms with van der Waals surface area (Å²) in [7, 11) is 3.24. The Morgan fingerprint density at radius 1 is 0.821 bits per heavy atom. The molecule has 3 rings (SSSR count). The van der Waals surface area contributed by atoms with Crippen LogP contribution in [0, 0.1) is 0 Å². The van der Waals surface area contributed by atoms with E-state index in [1.807, 2.05) is 85.8 Å². The lowest BCUT2D eigenvalue weighted by Crippen LogP contribution is -2.32. The first kappa shape index (κ1) is 19.5. The highest BCUT2D eigenvalue weighted by Gasteiger charge is 2.25. The summed E-state index contributed by atoms with van der Waals surface area (Å²) in [4.78, 5) is 13.3. The van der Waals surface area contributed by atoms with Crippen molar-refractivity contribution < 1.29 is 14.3 Å². The molecular formula is C24H25NO3. The van der Waals surface area contributed by atoms with E-state index in [-0.39, 0.29) is 17.9 Å². The summed E-state index contributed by atoms with van der Waals surface area (Å²) in [6.07, 6.45) is 0. The minimum Gasteiger partial charge on any atom is -0.497 e. The molecule has 0 saturated carbocycles. The van der Waals surface area contributed by atoms with E-state index in [0.717, 1.165) is 22.4 Å². The maximum absolute atomic E-state index is 13.3. The Bertz CT molecular complexity index is 870. The van der Waals surface area contributed by atoms with Gasteiger partial charge in [0.1, 0.15) is 11.5 Å². The average Bonchev–Trinajstić information content (AvgIpc) is 2.75. The molecule has 1 atom stereocenters. The van der Waals surface area contributed by atoms with Gasteiger partial charge >= 0.3 is 0 Å². The third-order valence-electron chi connectivity index (χ3n) is 4.79. The zero-order valence-corrected chi connectivity index (χ0v) is 16.4. The number of carbonyl (C=O) groups excluding carboxylic acids is 1. The summed E-state index contributed by atoms with van der Waals surface area (Å²) in [6, 6.07) is 25.0. The van der Waals surface area contributed by atoms with Crippen LogP contribution in [0.2, 0.25) is 0 Å². The number of rotatable bonds is 7. The Balaban J connectivity index is 1.90. The average molecular weight is 375 g/mol. The summed E-state index contributed by atoms with van der Waals surface area (Å²) in [6.45, 7) is 1.95. The van der Waals surface area contributed by atoms with Crippen LogP contribution in [0.15, 0.2) is 78.9 Å². The largest absolute Gasteiger partial charge is 0.497 e. The molecule has 0 fully saturated rings. The topological polar surface area (TPSA) is 47.6 Å². The number of methoxy groups -OCH3 is 2. The highest BCUT2D eigenvalue weighted by atomic mass is 16.5. The minimum absolute atomic E-state index is 0.0604. The maximum atomic E-state index is 13.3. The van der Waals surface area contributed by atoms with Crippen LogP contribution in [0.5, 0.6) is 11.5 Å². The molecule has 0 aliphatic rings.